The van der Waals surface area contributed by atoms with Gasteiger partial charge in [-0.25, -0.2) is 13.8 Å². The van der Waals surface area contributed by atoms with Gasteiger partial charge in [0.15, 0.2) is 5.16 Å². The molecule has 26 heavy (non-hydrogen) atoms. The second kappa shape index (κ2) is 9.72. The smallest absolute Gasteiger partial charge is 0.251 e. The van der Waals surface area contributed by atoms with Crippen LogP contribution in [0.25, 0.3) is 0 Å². The molecular weight excluding hydrogens is 380 g/mol. The average molecular weight is 399 g/mol. The fraction of sp³-hybridized carbons (Fsp3) is 0.353. The van der Waals surface area contributed by atoms with Crippen molar-refractivity contribution < 1.29 is 13.6 Å². The molecule has 0 spiro atoms. The number of thioether (sulfide) groups is 2. The Kier molecular flexibility index (Phi) is 7.65. The zero-order valence-electron chi connectivity index (χ0n) is 14.3. The van der Waals surface area contributed by atoms with Crippen molar-refractivity contribution in [3.8, 4) is 0 Å². The molecule has 0 aliphatic heterocycles. The highest BCUT2D eigenvalue weighted by atomic mass is 32.2. The first-order valence-electron chi connectivity index (χ1n) is 7.99. The maximum atomic E-state index is 13.6. The molecule has 0 saturated carbocycles. The van der Waals surface area contributed by atoms with Crippen LogP contribution in [0.1, 0.15) is 26.0 Å². The van der Waals surface area contributed by atoms with Gasteiger partial charge >= 0.3 is 0 Å². The Hall–Kier alpha value is -1.87. The number of hydrogen-bond acceptors (Lipinski definition) is 5. The molecule has 2 N–H and O–H groups in total. The Morgan fingerprint density at radius 1 is 1.35 bits per heavy atom. The lowest BCUT2D eigenvalue weighted by Gasteiger charge is -2.12. The molecule has 1 aromatic carbocycles. The van der Waals surface area contributed by atoms with E-state index < -0.39 is 22.8 Å². The van der Waals surface area contributed by atoms with Gasteiger partial charge in [0.25, 0.3) is 5.56 Å². The van der Waals surface area contributed by atoms with E-state index >= 15 is 0 Å². The van der Waals surface area contributed by atoms with Crippen LogP contribution in [0.4, 0.5) is 14.5 Å². The van der Waals surface area contributed by atoms with Crippen LogP contribution < -0.4 is 10.9 Å². The molecule has 2 rings (SSSR count). The van der Waals surface area contributed by atoms with Gasteiger partial charge < -0.3 is 10.3 Å². The van der Waals surface area contributed by atoms with Crippen LogP contribution in [0.3, 0.4) is 0 Å². The van der Waals surface area contributed by atoms with E-state index in [4.69, 9.17) is 0 Å². The van der Waals surface area contributed by atoms with Crippen molar-refractivity contribution in [3.63, 3.8) is 0 Å². The Morgan fingerprint density at radius 3 is 2.81 bits per heavy atom. The van der Waals surface area contributed by atoms with Gasteiger partial charge in [-0.05, 0) is 31.2 Å². The largest absolute Gasteiger partial charge is 0.323 e. The molecule has 0 radical (unpaired) electrons. The molecule has 0 saturated heterocycles. The van der Waals surface area contributed by atoms with Crippen molar-refractivity contribution in [2.24, 2.45) is 0 Å². The molecule has 1 heterocycles. The van der Waals surface area contributed by atoms with Crippen molar-refractivity contribution in [3.05, 3.63) is 51.9 Å². The first-order valence-corrected chi connectivity index (χ1v) is 10.0. The molecule has 0 bridgehead atoms. The zero-order valence-corrected chi connectivity index (χ0v) is 16.0. The van der Waals surface area contributed by atoms with Crippen molar-refractivity contribution in [2.45, 2.75) is 36.4 Å². The van der Waals surface area contributed by atoms with Crippen molar-refractivity contribution in [2.75, 3.05) is 11.1 Å². The lowest BCUT2D eigenvalue weighted by molar-refractivity contribution is -0.115. The summed E-state index contributed by atoms with van der Waals surface area (Å²) in [5, 5.41) is 2.09. The van der Waals surface area contributed by atoms with Gasteiger partial charge in [-0.1, -0.05) is 18.7 Å². The number of anilines is 1. The summed E-state index contributed by atoms with van der Waals surface area (Å²) in [6.45, 7) is 3.68. The zero-order chi connectivity index (χ0) is 19.1. The maximum absolute atomic E-state index is 13.6. The second-order valence-corrected chi connectivity index (χ2v) is 7.90. The molecular formula is C17H19F2N3O2S2. The number of aromatic amines is 1. The Labute approximate surface area is 158 Å². The normalized spacial score (nSPS) is 12.0. The van der Waals surface area contributed by atoms with Crippen LogP contribution in [0.15, 0.2) is 34.2 Å². The quantitative estimate of drug-likeness (QED) is 0.401. The van der Waals surface area contributed by atoms with Gasteiger partial charge in [-0.3, -0.25) is 9.59 Å². The third-order valence-corrected chi connectivity index (χ3v) is 5.40. The van der Waals surface area contributed by atoms with Crippen LogP contribution in [0, 0.1) is 11.6 Å². The van der Waals surface area contributed by atoms with Crippen LogP contribution in [-0.4, -0.2) is 26.9 Å². The Balaban J connectivity index is 2.02. The fourth-order valence-corrected chi connectivity index (χ4v) is 3.60. The summed E-state index contributed by atoms with van der Waals surface area (Å²) in [6.07, 6.45) is 1.03. The number of carbonyl (C=O) groups is 1. The molecule has 1 aromatic heterocycles. The standard InChI is InChI=1S/C17H19F2N3O2S2/c1-3-6-25-9-12-8-15(23)22-17(20-12)26-10(2)16(24)21-14-5-4-11(18)7-13(14)19/h4-5,7-8,10H,3,6,9H2,1-2H3,(H,21,24)(H,20,22,23). The number of aromatic nitrogens is 2. The molecule has 5 nitrogen and oxygen atoms in total. The molecule has 0 aliphatic carbocycles. The minimum Gasteiger partial charge on any atom is -0.323 e. The molecule has 9 heteroatoms. The lowest BCUT2D eigenvalue weighted by Crippen LogP contribution is -2.24. The lowest BCUT2D eigenvalue weighted by atomic mass is 10.3. The monoisotopic (exact) mass is 399 g/mol. The molecule has 2 aromatic rings. The number of benzene rings is 1. The summed E-state index contributed by atoms with van der Waals surface area (Å²) in [6, 6.07) is 4.36. The van der Waals surface area contributed by atoms with Crippen molar-refractivity contribution in [1.29, 1.82) is 0 Å². The summed E-state index contributed by atoms with van der Waals surface area (Å²) >= 11 is 2.74. The summed E-state index contributed by atoms with van der Waals surface area (Å²) in [5.74, 6) is -0.459. The SMILES string of the molecule is CCCSCc1cc(=O)[nH]c(SC(C)C(=O)Nc2ccc(F)cc2F)n1. The van der Waals surface area contributed by atoms with Crippen LogP contribution >= 0.6 is 23.5 Å². The van der Waals surface area contributed by atoms with E-state index in [0.717, 1.165) is 36.1 Å². The Bertz CT molecular complexity index is 830. The molecule has 140 valence electrons. The first kappa shape index (κ1) is 20.4. The molecule has 1 amide bonds. The van der Waals surface area contributed by atoms with E-state index in [0.29, 0.717) is 22.7 Å². The minimum atomic E-state index is -0.850. The van der Waals surface area contributed by atoms with E-state index in [2.05, 4.69) is 22.2 Å². The van der Waals surface area contributed by atoms with E-state index in [9.17, 15) is 18.4 Å². The van der Waals surface area contributed by atoms with E-state index in [1.807, 2.05) is 0 Å². The van der Waals surface area contributed by atoms with E-state index in [1.54, 1.807) is 18.7 Å². The third kappa shape index (κ3) is 6.14. The summed E-state index contributed by atoms with van der Waals surface area (Å²) in [5.41, 5.74) is 0.258. The first-order chi connectivity index (χ1) is 12.4. The highest BCUT2D eigenvalue weighted by Crippen LogP contribution is 2.22. The fourth-order valence-electron chi connectivity index (χ4n) is 1.98. The predicted molar refractivity (Wildman–Crippen MR) is 102 cm³/mol. The van der Waals surface area contributed by atoms with Crippen LogP contribution in [0.5, 0.6) is 0 Å². The number of hydrogen-bond donors (Lipinski definition) is 2. The number of halogens is 2. The second-order valence-electron chi connectivity index (χ2n) is 5.47. The third-order valence-electron chi connectivity index (χ3n) is 3.22. The molecule has 0 fully saturated rings. The summed E-state index contributed by atoms with van der Waals surface area (Å²) < 4.78 is 26.5. The Morgan fingerprint density at radius 2 is 2.12 bits per heavy atom. The number of nitrogens with one attached hydrogen (secondary N) is 2. The van der Waals surface area contributed by atoms with Crippen molar-refractivity contribution in [1.82, 2.24) is 9.97 Å². The predicted octanol–water partition coefficient (Wildman–Crippen LogP) is 3.81. The summed E-state index contributed by atoms with van der Waals surface area (Å²) in [4.78, 5) is 30.9. The highest BCUT2D eigenvalue weighted by molar-refractivity contribution is 8.00. The molecule has 1 unspecified atom stereocenters. The van der Waals surface area contributed by atoms with Crippen LogP contribution in [0.2, 0.25) is 0 Å². The van der Waals surface area contributed by atoms with E-state index in [-0.39, 0.29) is 11.2 Å². The van der Waals surface area contributed by atoms with Crippen molar-refractivity contribution >= 4 is 35.1 Å². The van der Waals surface area contributed by atoms with Gasteiger partial charge in [0.05, 0.1) is 16.6 Å². The number of nitrogens with zero attached hydrogens (tertiary/aromatic N) is 1. The number of carbonyl (C=O) groups excluding carboxylic acids is 1. The molecule has 1 atom stereocenters. The topological polar surface area (TPSA) is 74.8 Å². The number of rotatable bonds is 8. The average Bonchev–Trinajstić information content (AvgIpc) is 2.57. The van der Waals surface area contributed by atoms with Gasteiger partial charge in [-0.15, -0.1) is 0 Å². The van der Waals surface area contributed by atoms with Gasteiger partial charge in [0.1, 0.15) is 11.6 Å². The minimum absolute atomic E-state index is 0.102. The van der Waals surface area contributed by atoms with Gasteiger partial charge in [0, 0.05) is 17.9 Å². The maximum Gasteiger partial charge on any atom is 0.251 e. The number of amides is 1. The summed E-state index contributed by atoms with van der Waals surface area (Å²) in [7, 11) is 0. The highest BCUT2D eigenvalue weighted by Gasteiger charge is 2.18. The van der Waals surface area contributed by atoms with E-state index in [1.165, 1.54) is 6.07 Å². The van der Waals surface area contributed by atoms with Crippen LogP contribution in [-0.2, 0) is 10.5 Å². The van der Waals surface area contributed by atoms with Gasteiger partial charge in [-0.2, -0.15) is 11.8 Å². The molecule has 0 aliphatic rings. The van der Waals surface area contributed by atoms with Gasteiger partial charge in [0.2, 0.25) is 5.91 Å². The number of H-pyrrole nitrogens is 1.